The van der Waals surface area contributed by atoms with Crippen LogP contribution in [0.15, 0.2) is 16.7 Å². The number of piperazine rings is 1. The zero-order valence-corrected chi connectivity index (χ0v) is 19.4. The normalized spacial score (nSPS) is 19.3. The van der Waals surface area contributed by atoms with Crippen LogP contribution < -0.4 is 9.64 Å². The number of aliphatic hydroxyl groups is 2. The van der Waals surface area contributed by atoms with Gasteiger partial charge in [0.25, 0.3) is 11.8 Å². The summed E-state index contributed by atoms with van der Waals surface area (Å²) < 4.78 is 24.9. The molecule has 1 aromatic heterocycles. The molecule has 1 atom stereocenters. The predicted molar refractivity (Wildman–Crippen MR) is 119 cm³/mol. The lowest BCUT2D eigenvalue weighted by Crippen LogP contribution is -2.53. The molecule has 33 heavy (non-hydrogen) atoms. The molecule has 1 aliphatic carbocycles. The minimum Gasteiger partial charge on any atom is -0.488 e. The van der Waals surface area contributed by atoms with Gasteiger partial charge in [-0.05, 0) is 29.5 Å². The van der Waals surface area contributed by atoms with Crippen LogP contribution in [0.1, 0.15) is 26.7 Å². The first kappa shape index (κ1) is 23.7. The molecule has 1 saturated heterocycles. The van der Waals surface area contributed by atoms with Gasteiger partial charge in [0.05, 0.1) is 17.2 Å². The van der Waals surface area contributed by atoms with E-state index in [4.69, 9.17) is 26.0 Å². The minimum atomic E-state index is -1.13. The third-order valence-electron chi connectivity index (χ3n) is 6.13. The van der Waals surface area contributed by atoms with Gasteiger partial charge >= 0.3 is 0 Å². The van der Waals surface area contributed by atoms with Gasteiger partial charge < -0.3 is 29.3 Å². The molecule has 2 fully saturated rings. The molecular weight excluding hydrogens is 455 g/mol. The quantitative estimate of drug-likeness (QED) is 0.618. The van der Waals surface area contributed by atoms with Gasteiger partial charge in [-0.3, -0.25) is 4.79 Å². The van der Waals surface area contributed by atoms with Crippen LogP contribution in [-0.2, 0) is 4.79 Å². The molecule has 180 valence electrons. The SMILES string of the molecule is CC1(C)CC(C(=O)N2CCN(c3noc(-c4cc(F)c(OC[C@@H](O)CO)cc4Cl)n3)CC2)C1. The van der Waals surface area contributed by atoms with Gasteiger partial charge in [-0.1, -0.05) is 25.4 Å². The Kier molecular flexibility index (Phi) is 6.78. The molecule has 2 heterocycles. The van der Waals surface area contributed by atoms with E-state index in [0.29, 0.717) is 32.1 Å². The fraction of sp³-hybridized carbons (Fsp3) is 0.591. The summed E-state index contributed by atoms with van der Waals surface area (Å²) in [6, 6.07) is 2.38. The third kappa shape index (κ3) is 5.23. The molecule has 1 saturated carbocycles. The second-order valence-corrected chi connectivity index (χ2v) is 9.80. The highest BCUT2D eigenvalue weighted by Crippen LogP contribution is 2.45. The number of halogens is 2. The average molecular weight is 483 g/mol. The minimum absolute atomic E-state index is 0.0612. The Bertz CT molecular complexity index is 1000. The van der Waals surface area contributed by atoms with E-state index in [9.17, 15) is 14.3 Å². The van der Waals surface area contributed by atoms with E-state index < -0.39 is 18.5 Å². The molecule has 2 N–H and O–H groups in total. The molecule has 0 radical (unpaired) electrons. The number of anilines is 1. The van der Waals surface area contributed by atoms with Gasteiger partial charge in [0, 0.05) is 38.2 Å². The molecule has 4 rings (SSSR count). The summed E-state index contributed by atoms with van der Waals surface area (Å²) in [7, 11) is 0. The summed E-state index contributed by atoms with van der Waals surface area (Å²) in [6.45, 7) is 5.90. The van der Waals surface area contributed by atoms with Crippen LogP contribution >= 0.6 is 11.6 Å². The van der Waals surface area contributed by atoms with E-state index in [0.717, 1.165) is 18.9 Å². The highest BCUT2D eigenvalue weighted by atomic mass is 35.5. The van der Waals surface area contributed by atoms with Crippen molar-refractivity contribution >= 4 is 23.5 Å². The molecule has 11 heteroatoms. The number of aliphatic hydroxyl groups excluding tert-OH is 2. The van der Waals surface area contributed by atoms with Gasteiger partial charge in [-0.25, -0.2) is 4.39 Å². The molecule has 0 unspecified atom stereocenters. The zero-order valence-electron chi connectivity index (χ0n) is 18.6. The van der Waals surface area contributed by atoms with Crippen LogP contribution in [0.2, 0.25) is 5.02 Å². The maximum atomic E-state index is 14.4. The molecule has 0 bridgehead atoms. The molecule has 2 aliphatic rings. The maximum Gasteiger partial charge on any atom is 0.266 e. The number of amides is 1. The second-order valence-electron chi connectivity index (χ2n) is 9.39. The summed E-state index contributed by atoms with van der Waals surface area (Å²) in [5.41, 5.74) is 0.471. The van der Waals surface area contributed by atoms with Crippen LogP contribution in [-0.4, -0.2) is 76.7 Å². The van der Waals surface area contributed by atoms with E-state index in [1.54, 1.807) is 0 Å². The summed E-state index contributed by atoms with van der Waals surface area (Å²) in [4.78, 5) is 20.8. The fourth-order valence-electron chi connectivity index (χ4n) is 4.33. The van der Waals surface area contributed by atoms with Gasteiger partial charge in [-0.15, -0.1) is 0 Å². The average Bonchev–Trinajstić information content (AvgIpc) is 3.27. The van der Waals surface area contributed by atoms with Crippen molar-refractivity contribution in [3.8, 4) is 17.2 Å². The number of carbonyl (C=O) groups is 1. The van der Waals surface area contributed by atoms with Crippen molar-refractivity contribution in [1.29, 1.82) is 0 Å². The molecule has 0 spiro atoms. The number of nitrogens with zero attached hydrogens (tertiary/aromatic N) is 4. The van der Waals surface area contributed by atoms with Gasteiger partial charge in [-0.2, -0.15) is 4.98 Å². The molecule has 1 aliphatic heterocycles. The van der Waals surface area contributed by atoms with Crippen molar-refractivity contribution in [3.63, 3.8) is 0 Å². The summed E-state index contributed by atoms with van der Waals surface area (Å²) >= 11 is 6.26. The van der Waals surface area contributed by atoms with Crippen molar-refractivity contribution in [2.45, 2.75) is 32.8 Å². The van der Waals surface area contributed by atoms with Gasteiger partial charge in [0.15, 0.2) is 11.6 Å². The molecule has 1 amide bonds. The summed E-state index contributed by atoms with van der Waals surface area (Å²) in [5, 5.41) is 22.3. The first-order chi connectivity index (χ1) is 15.7. The zero-order chi connectivity index (χ0) is 23.8. The van der Waals surface area contributed by atoms with Crippen LogP contribution in [0.25, 0.3) is 11.5 Å². The van der Waals surface area contributed by atoms with Crippen molar-refractivity contribution < 1.29 is 28.7 Å². The number of ether oxygens (including phenoxy) is 1. The lowest BCUT2D eigenvalue weighted by molar-refractivity contribution is -0.142. The van der Waals surface area contributed by atoms with E-state index in [2.05, 4.69) is 24.0 Å². The van der Waals surface area contributed by atoms with Crippen LogP contribution in [0.3, 0.4) is 0 Å². The van der Waals surface area contributed by atoms with Crippen LogP contribution in [0.4, 0.5) is 10.3 Å². The summed E-state index contributed by atoms with van der Waals surface area (Å²) in [5.74, 6) is -0.119. The topological polar surface area (TPSA) is 112 Å². The van der Waals surface area contributed by atoms with E-state index in [1.807, 2.05) is 9.80 Å². The number of benzene rings is 1. The standard InChI is InChI=1S/C22H28ClFN4O5/c1-22(2)9-13(10-22)20(31)27-3-5-28(6-4-27)21-25-19(33-26-21)15-7-17(24)18(8-16(15)23)32-12-14(30)11-29/h7-8,13-14,29-30H,3-6,9-12H2,1-2H3/t14-/m0/s1. The Balaban J connectivity index is 1.37. The largest absolute Gasteiger partial charge is 0.488 e. The van der Waals surface area contributed by atoms with Crippen molar-refractivity contribution in [2.24, 2.45) is 11.3 Å². The number of hydrogen-bond acceptors (Lipinski definition) is 8. The summed E-state index contributed by atoms with van der Waals surface area (Å²) in [6.07, 6.45) is 0.741. The van der Waals surface area contributed by atoms with Crippen LogP contribution in [0, 0.1) is 17.2 Å². The Morgan fingerprint density at radius 1 is 1.33 bits per heavy atom. The Labute approximate surface area is 196 Å². The number of aromatic nitrogens is 2. The first-order valence-electron chi connectivity index (χ1n) is 11.0. The number of hydrogen-bond donors (Lipinski definition) is 2. The fourth-order valence-corrected chi connectivity index (χ4v) is 4.56. The van der Waals surface area contributed by atoms with E-state index in [1.165, 1.54) is 6.07 Å². The van der Waals surface area contributed by atoms with Crippen molar-refractivity contribution in [3.05, 3.63) is 23.0 Å². The van der Waals surface area contributed by atoms with Gasteiger partial charge in [0.1, 0.15) is 12.7 Å². The maximum absolute atomic E-state index is 14.4. The number of rotatable bonds is 7. The Hall–Kier alpha value is -2.43. The van der Waals surface area contributed by atoms with E-state index >= 15 is 0 Å². The highest BCUT2D eigenvalue weighted by molar-refractivity contribution is 6.33. The monoisotopic (exact) mass is 482 g/mol. The number of carbonyl (C=O) groups excluding carboxylic acids is 1. The van der Waals surface area contributed by atoms with Crippen molar-refractivity contribution in [1.82, 2.24) is 15.0 Å². The molecular formula is C22H28ClFN4O5. The third-order valence-corrected chi connectivity index (χ3v) is 6.44. The molecule has 1 aromatic carbocycles. The van der Waals surface area contributed by atoms with Gasteiger partial charge in [0.2, 0.25) is 5.91 Å². The Morgan fingerprint density at radius 3 is 2.67 bits per heavy atom. The first-order valence-corrected chi connectivity index (χ1v) is 11.3. The highest BCUT2D eigenvalue weighted by Gasteiger charge is 2.42. The van der Waals surface area contributed by atoms with E-state index in [-0.39, 0.29) is 46.1 Å². The van der Waals surface area contributed by atoms with Crippen molar-refractivity contribution in [2.75, 3.05) is 44.3 Å². The lowest BCUT2D eigenvalue weighted by Gasteiger charge is -2.45. The smallest absolute Gasteiger partial charge is 0.266 e. The predicted octanol–water partition coefficient (Wildman–Crippen LogP) is 2.35. The Morgan fingerprint density at radius 2 is 2.03 bits per heavy atom. The molecule has 2 aromatic rings. The van der Waals surface area contributed by atoms with Crippen LogP contribution in [0.5, 0.6) is 5.75 Å². The molecule has 9 nitrogen and oxygen atoms in total. The lowest BCUT2D eigenvalue weighted by atomic mass is 9.64. The second kappa shape index (κ2) is 9.44.